The second-order valence-electron chi connectivity index (χ2n) is 3.76. The van der Waals surface area contributed by atoms with Crippen molar-refractivity contribution in [1.82, 2.24) is 20.4 Å². The molecule has 106 valence electrons. The van der Waals surface area contributed by atoms with Gasteiger partial charge in [-0.05, 0) is 22.9 Å². The smallest absolute Gasteiger partial charge is 0.342 e. The van der Waals surface area contributed by atoms with Gasteiger partial charge in [-0.2, -0.15) is 0 Å². The molecule has 2 N–H and O–H groups in total. The van der Waals surface area contributed by atoms with Gasteiger partial charge < -0.3 is 5.32 Å². The molecule has 1 unspecified atom stereocenters. The summed E-state index contributed by atoms with van der Waals surface area (Å²) >= 11 is 8.54. The number of pyridine rings is 1. The summed E-state index contributed by atoms with van der Waals surface area (Å²) in [6.07, 6.45) is 1.21. The number of nitrogens with zero attached hydrogens (tertiary/aromatic N) is 2. The number of amides is 1. The van der Waals surface area contributed by atoms with E-state index in [1.54, 1.807) is 6.92 Å². The highest BCUT2D eigenvalue weighted by Gasteiger charge is 2.22. The molecule has 2 rings (SSSR count). The fraction of sp³-hybridized carbons (Fsp3) is 0.200. The van der Waals surface area contributed by atoms with Crippen LogP contribution in [0.1, 0.15) is 29.1 Å². The molecule has 0 aliphatic carbocycles. The number of aromatic nitrogens is 3. The van der Waals surface area contributed by atoms with E-state index in [-0.39, 0.29) is 15.9 Å². The maximum atomic E-state index is 13.8. The van der Waals surface area contributed by atoms with Crippen molar-refractivity contribution in [3.05, 3.63) is 43.6 Å². The lowest BCUT2D eigenvalue weighted by Crippen LogP contribution is -2.29. The number of H-pyrrole nitrogens is 1. The number of hydrogen-bond donors (Lipinski definition) is 2. The summed E-state index contributed by atoms with van der Waals surface area (Å²) in [6.45, 7) is 1.54. The quantitative estimate of drug-likeness (QED) is 0.808. The largest absolute Gasteiger partial charge is 0.438 e. The van der Waals surface area contributed by atoms with E-state index < -0.39 is 28.7 Å². The maximum absolute atomic E-state index is 13.8. The van der Waals surface area contributed by atoms with E-state index >= 15 is 0 Å². The second kappa shape index (κ2) is 5.71. The first-order chi connectivity index (χ1) is 9.40. The molecule has 0 radical (unpaired) electrons. The third-order valence-corrected chi connectivity index (χ3v) is 3.24. The van der Waals surface area contributed by atoms with Gasteiger partial charge in [-0.3, -0.25) is 14.3 Å². The van der Waals surface area contributed by atoms with E-state index in [1.807, 2.05) is 0 Å². The Hall–Kier alpha value is -1.74. The van der Waals surface area contributed by atoms with Crippen molar-refractivity contribution >= 4 is 33.4 Å². The van der Waals surface area contributed by atoms with Crippen LogP contribution in [0.2, 0.25) is 5.15 Å². The van der Waals surface area contributed by atoms with Crippen molar-refractivity contribution in [3.63, 3.8) is 0 Å². The van der Waals surface area contributed by atoms with Gasteiger partial charge in [-0.1, -0.05) is 16.8 Å². The lowest BCUT2D eigenvalue weighted by molar-refractivity contribution is 0.0932. The first kappa shape index (κ1) is 14.7. The van der Waals surface area contributed by atoms with E-state index in [9.17, 15) is 14.0 Å². The maximum Gasteiger partial charge on any atom is 0.438 e. The third kappa shape index (κ3) is 2.88. The van der Waals surface area contributed by atoms with Gasteiger partial charge in [0.1, 0.15) is 0 Å². The summed E-state index contributed by atoms with van der Waals surface area (Å²) in [7, 11) is 0. The lowest BCUT2D eigenvalue weighted by Gasteiger charge is -2.12. The number of carbonyl (C=O) groups is 1. The lowest BCUT2D eigenvalue weighted by atomic mass is 10.2. The van der Waals surface area contributed by atoms with Crippen LogP contribution in [0.3, 0.4) is 0 Å². The molecular weight excluding hydrogens is 358 g/mol. The van der Waals surface area contributed by atoms with Gasteiger partial charge >= 0.3 is 5.76 Å². The Bertz CT molecular complexity index is 717. The van der Waals surface area contributed by atoms with Crippen LogP contribution in [0, 0.1) is 5.82 Å². The number of carbonyl (C=O) groups excluding carboxylic acids is 1. The minimum absolute atomic E-state index is 0.111. The molecule has 0 bridgehead atoms. The van der Waals surface area contributed by atoms with Gasteiger partial charge in [-0.15, -0.1) is 0 Å². The minimum atomic E-state index is -0.945. The standard InChI is InChI=1S/C10H7BrClFN4O3/c1-3(8-16-10(19)20-17-8)15-9(18)5-4(11)2-14-7(12)6(5)13/h2-3H,1H3,(H,15,18)(H,16,17,19). The molecule has 1 atom stereocenters. The summed E-state index contributed by atoms with van der Waals surface area (Å²) in [5.74, 6) is -2.32. The Labute approximate surface area is 124 Å². The Morgan fingerprint density at radius 1 is 1.65 bits per heavy atom. The second-order valence-corrected chi connectivity index (χ2v) is 4.97. The first-order valence-corrected chi connectivity index (χ1v) is 6.43. The first-order valence-electron chi connectivity index (χ1n) is 5.26. The highest BCUT2D eigenvalue weighted by atomic mass is 79.9. The van der Waals surface area contributed by atoms with Crippen LogP contribution in [0.25, 0.3) is 0 Å². The molecule has 7 nitrogen and oxygen atoms in total. The molecule has 2 heterocycles. The highest BCUT2D eigenvalue weighted by molar-refractivity contribution is 9.10. The molecule has 10 heteroatoms. The van der Waals surface area contributed by atoms with Crippen molar-refractivity contribution < 1.29 is 13.7 Å². The summed E-state index contributed by atoms with van der Waals surface area (Å²) in [4.78, 5) is 28.7. The Morgan fingerprint density at radius 3 is 2.95 bits per heavy atom. The normalized spacial score (nSPS) is 12.2. The fourth-order valence-corrected chi connectivity index (χ4v) is 2.02. The molecule has 0 fully saturated rings. The van der Waals surface area contributed by atoms with Crippen molar-refractivity contribution in [2.45, 2.75) is 13.0 Å². The summed E-state index contributed by atoms with van der Waals surface area (Å²) in [5, 5.41) is 5.45. The van der Waals surface area contributed by atoms with Gasteiger partial charge in [0.25, 0.3) is 5.91 Å². The van der Waals surface area contributed by atoms with Crippen molar-refractivity contribution in [2.24, 2.45) is 0 Å². The van der Waals surface area contributed by atoms with Crippen LogP contribution in [0.4, 0.5) is 4.39 Å². The molecule has 2 aromatic heterocycles. The monoisotopic (exact) mass is 364 g/mol. The average molecular weight is 366 g/mol. The predicted molar refractivity (Wildman–Crippen MR) is 69.9 cm³/mol. The van der Waals surface area contributed by atoms with E-state index in [1.165, 1.54) is 6.20 Å². The van der Waals surface area contributed by atoms with Crippen LogP contribution < -0.4 is 11.1 Å². The van der Waals surface area contributed by atoms with Crippen LogP contribution in [-0.4, -0.2) is 21.0 Å². The van der Waals surface area contributed by atoms with E-state index in [0.29, 0.717) is 0 Å². The van der Waals surface area contributed by atoms with Crippen molar-refractivity contribution in [3.8, 4) is 0 Å². The topological polar surface area (TPSA) is 101 Å². The molecule has 0 saturated carbocycles. The van der Waals surface area contributed by atoms with Gasteiger partial charge in [0.05, 0.1) is 16.1 Å². The van der Waals surface area contributed by atoms with Crippen LogP contribution >= 0.6 is 27.5 Å². The third-order valence-electron chi connectivity index (χ3n) is 2.37. The Kier molecular flexibility index (Phi) is 4.19. The molecule has 0 aliphatic heterocycles. The van der Waals surface area contributed by atoms with Crippen LogP contribution in [0.5, 0.6) is 0 Å². The summed E-state index contributed by atoms with van der Waals surface area (Å²) in [6, 6.07) is -0.688. The molecule has 1 amide bonds. The van der Waals surface area contributed by atoms with E-state index in [4.69, 9.17) is 11.6 Å². The highest BCUT2D eigenvalue weighted by Crippen LogP contribution is 2.24. The minimum Gasteiger partial charge on any atom is -0.342 e. The van der Waals surface area contributed by atoms with E-state index in [2.05, 4.69) is 40.9 Å². The van der Waals surface area contributed by atoms with E-state index in [0.717, 1.165) is 0 Å². The van der Waals surface area contributed by atoms with Gasteiger partial charge in [-0.25, -0.2) is 14.2 Å². The number of aromatic amines is 1. The number of nitrogens with one attached hydrogen (secondary N) is 2. The SMILES string of the molecule is CC(NC(=O)c1c(Br)cnc(Cl)c1F)c1noc(=O)[nH]1. The Balaban J connectivity index is 2.25. The van der Waals surface area contributed by atoms with Crippen LogP contribution in [0.15, 0.2) is 20.0 Å². The zero-order valence-corrected chi connectivity index (χ0v) is 12.2. The molecule has 2 aromatic rings. The zero-order chi connectivity index (χ0) is 14.9. The van der Waals surface area contributed by atoms with Crippen molar-refractivity contribution in [2.75, 3.05) is 0 Å². The number of halogens is 3. The predicted octanol–water partition coefficient (Wildman–Crippen LogP) is 1.80. The summed E-state index contributed by atoms with van der Waals surface area (Å²) in [5.41, 5.74) is -0.289. The van der Waals surface area contributed by atoms with Gasteiger partial charge in [0.15, 0.2) is 16.8 Å². The summed E-state index contributed by atoms with van der Waals surface area (Å²) < 4.78 is 18.3. The van der Waals surface area contributed by atoms with Gasteiger partial charge in [0.2, 0.25) is 0 Å². The molecular formula is C10H7BrClFN4O3. The number of rotatable bonds is 3. The van der Waals surface area contributed by atoms with Crippen molar-refractivity contribution in [1.29, 1.82) is 0 Å². The van der Waals surface area contributed by atoms with Crippen LogP contribution in [-0.2, 0) is 0 Å². The molecule has 0 saturated heterocycles. The molecule has 0 spiro atoms. The molecule has 20 heavy (non-hydrogen) atoms. The zero-order valence-electron chi connectivity index (χ0n) is 9.91. The number of hydrogen-bond acceptors (Lipinski definition) is 5. The molecule has 0 aliphatic rings. The molecule has 0 aromatic carbocycles. The fourth-order valence-electron chi connectivity index (χ4n) is 1.42. The Morgan fingerprint density at radius 2 is 2.35 bits per heavy atom. The average Bonchev–Trinajstić information content (AvgIpc) is 2.81. The van der Waals surface area contributed by atoms with Gasteiger partial charge in [0, 0.05) is 6.20 Å².